The summed E-state index contributed by atoms with van der Waals surface area (Å²) in [5, 5.41) is 7.94. The van der Waals surface area contributed by atoms with E-state index in [9.17, 15) is 8.42 Å². The van der Waals surface area contributed by atoms with Crippen LogP contribution in [0.3, 0.4) is 0 Å². The van der Waals surface area contributed by atoms with Crippen molar-refractivity contribution in [1.29, 1.82) is 0 Å². The van der Waals surface area contributed by atoms with Gasteiger partial charge in [0.2, 0.25) is 10.0 Å². The molecule has 1 aromatic heterocycles. The molecule has 3 nitrogen and oxygen atoms in total. The summed E-state index contributed by atoms with van der Waals surface area (Å²) in [7, 11) is -3.45. The Hall–Kier alpha value is 0.610. The summed E-state index contributed by atoms with van der Waals surface area (Å²) in [6.45, 7) is 0. The monoisotopic (exact) mass is 187 g/mol. The summed E-state index contributed by atoms with van der Waals surface area (Å²) in [6, 6.07) is 1.47. The number of primary sulfonamides is 1. The van der Waals surface area contributed by atoms with E-state index in [1.807, 2.05) is 0 Å². The first-order valence-electron chi connectivity index (χ1n) is 2.16. The van der Waals surface area contributed by atoms with Crippen LogP contribution in [0.25, 0.3) is 0 Å². The molecule has 0 bridgehead atoms. The molecule has 0 aliphatic rings. The number of rotatable bonds is 1. The van der Waals surface area contributed by atoms with Crippen LogP contribution in [-0.4, -0.2) is 38.0 Å². The molecule has 0 saturated carbocycles. The summed E-state index contributed by atoms with van der Waals surface area (Å²) >= 11 is 1.31. The third-order valence-corrected chi connectivity index (χ3v) is 2.57. The van der Waals surface area contributed by atoms with Crippen molar-refractivity contribution in [3.63, 3.8) is 0 Å². The van der Waals surface area contributed by atoms with Crippen LogP contribution in [-0.2, 0) is 10.0 Å². The molecule has 0 aliphatic carbocycles. The zero-order chi connectivity index (χ0) is 6.91. The van der Waals surface area contributed by atoms with Crippen molar-refractivity contribution in [3.8, 4) is 0 Å². The minimum absolute atomic E-state index is 0. The first kappa shape index (κ1) is 10.6. The predicted octanol–water partition coefficient (Wildman–Crippen LogP) is -0.253. The molecule has 0 radical (unpaired) electrons. The van der Waals surface area contributed by atoms with Gasteiger partial charge in [0.1, 0.15) is 0 Å². The van der Waals surface area contributed by atoms with Gasteiger partial charge in [-0.1, -0.05) is 0 Å². The molecule has 1 aromatic rings. The SMILES string of the molecule is NS(=O)(=O)c1ccsc1.[NaH]. The second kappa shape index (κ2) is 3.85. The quantitative estimate of drug-likeness (QED) is 0.616. The van der Waals surface area contributed by atoms with Gasteiger partial charge in [-0.15, -0.1) is 0 Å². The standard InChI is InChI=1S/C4H5NO2S2.Na.H/c5-9(6,7)4-1-2-8-3-4;;/h1-3H,(H2,5,6,7);;. The average molecular weight is 187 g/mol. The Balaban J connectivity index is 0.000000810. The van der Waals surface area contributed by atoms with Gasteiger partial charge >= 0.3 is 29.6 Å². The molecule has 52 valence electrons. The van der Waals surface area contributed by atoms with E-state index in [-0.39, 0.29) is 34.5 Å². The van der Waals surface area contributed by atoms with Crippen LogP contribution in [0.4, 0.5) is 0 Å². The first-order chi connectivity index (χ1) is 4.11. The van der Waals surface area contributed by atoms with Crippen LogP contribution in [0.5, 0.6) is 0 Å². The van der Waals surface area contributed by atoms with Crippen molar-refractivity contribution in [2.24, 2.45) is 5.14 Å². The molecule has 0 saturated heterocycles. The number of hydrogen-bond acceptors (Lipinski definition) is 3. The molecule has 1 rings (SSSR count). The third kappa shape index (κ3) is 2.69. The van der Waals surface area contributed by atoms with Crippen molar-refractivity contribution in [1.82, 2.24) is 0 Å². The van der Waals surface area contributed by atoms with E-state index in [0.717, 1.165) is 0 Å². The molecule has 0 aliphatic heterocycles. The zero-order valence-electron chi connectivity index (χ0n) is 4.44. The van der Waals surface area contributed by atoms with E-state index in [4.69, 9.17) is 5.14 Å². The summed E-state index contributed by atoms with van der Waals surface area (Å²) < 4.78 is 21.0. The van der Waals surface area contributed by atoms with Crippen LogP contribution in [0, 0.1) is 0 Å². The van der Waals surface area contributed by atoms with Crippen molar-refractivity contribution < 1.29 is 8.42 Å². The fourth-order valence-corrected chi connectivity index (χ4v) is 1.98. The van der Waals surface area contributed by atoms with Crippen molar-refractivity contribution in [2.75, 3.05) is 0 Å². The van der Waals surface area contributed by atoms with Crippen LogP contribution < -0.4 is 5.14 Å². The van der Waals surface area contributed by atoms with Gasteiger partial charge in [0.15, 0.2) is 0 Å². The van der Waals surface area contributed by atoms with E-state index in [1.54, 1.807) is 5.38 Å². The van der Waals surface area contributed by atoms with Gasteiger partial charge in [-0.25, -0.2) is 13.6 Å². The van der Waals surface area contributed by atoms with Gasteiger partial charge in [0.05, 0.1) is 4.90 Å². The number of thiophene rings is 1. The Morgan fingerprint density at radius 1 is 1.50 bits per heavy atom. The van der Waals surface area contributed by atoms with E-state index < -0.39 is 10.0 Å². The first-order valence-corrected chi connectivity index (χ1v) is 4.64. The Morgan fingerprint density at radius 2 is 2.10 bits per heavy atom. The molecule has 0 aromatic carbocycles. The van der Waals surface area contributed by atoms with E-state index in [2.05, 4.69) is 0 Å². The third-order valence-electron chi connectivity index (χ3n) is 0.824. The van der Waals surface area contributed by atoms with E-state index in [1.165, 1.54) is 22.8 Å². The number of sulfonamides is 1. The number of hydrogen-bond donors (Lipinski definition) is 1. The van der Waals surface area contributed by atoms with Crippen LogP contribution in [0.2, 0.25) is 0 Å². The van der Waals surface area contributed by atoms with Gasteiger partial charge in [0, 0.05) is 5.38 Å². The predicted molar refractivity (Wildman–Crippen MR) is 42.8 cm³/mol. The van der Waals surface area contributed by atoms with Crippen LogP contribution in [0.1, 0.15) is 0 Å². The Bertz CT molecular complexity index is 278. The van der Waals surface area contributed by atoms with Crippen LogP contribution >= 0.6 is 11.3 Å². The summed E-state index contributed by atoms with van der Waals surface area (Å²) in [5.74, 6) is 0. The summed E-state index contributed by atoms with van der Waals surface area (Å²) in [6.07, 6.45) is 0. The van der Waals surface area contributed by atoms with E-state index in [0.29, 0.717) is 0 Å². The minimum atomic E-state index is -3.45. The van der Waals surface area contributed by atoms with Gasteiger partial charge < -0.3 is 0 Å². The molecule has 2 N–H and O–H groups in total. The molecule has 0 fully saturated rings. The molecule has 0 unspecified atom stereocenters. The Kier molecular flexibility index (Phi) is 4.08. The van der Waals surface area contributed by atoms with Gasteiger partial charge in [0.25, 0.3) is 0 Å². The fraction of sp³-hybridized carbons (Fsp3) is 0. The molecular formula is C4H6NNaO2S2. The number of nitrogens with two attached hydrogens (primary N) is 1. The van der Waals surface area contributed by atoms with Crippen molar-refractivity contribution >= 4 is 50.9 Å². The van der Waals surface area contributed by atoms with Crippen LogP contribution in [0.15, 0.2) is 21.7 Å². The molecule has 0 spiro atoms. The Morgan fingerprint density at radius 3 is 2.30 bits per heavy atom. The second-order valence-electron chi connectivity index (χ2n) is 1.50. The van der Waals surface area contributed by atoms with Gasteiger partial charge in [-0.3, -0.25) is 0 Å². The van der Waals surface area contributed by atoms with Crippen molar-refractivity contribution in [2.45, 2.75) is 4.90 Å². The maximum atomic E-state index is 10.5. The molecule has 10 heavy (non-hydrogen) atoms. The topological polar surface area (TPSA) is 60.2 Å². The van der Waals surface area contributed by atoms with Crippen molar-refractivity contribution in [3.05, 3.63) is 16.8 Å². The summed E-state index contributed by atoms with van der Waals surface area (Å²) in [4.78, 5) is 0.188. The maximum absolute atomic E-state index is 10.5. The Labute approximate surface area is 85.6 Å². The van der Waals surface area contributed by atoms with E-state index >= 15 is 0 Å². The molecule has 0 atom stereocenters. The second-order valence-corrected chi connectivity index (χ2v) is 3.85. The molecule has 6 heteroatoms. The average Bonchev–Trinajstić information content (AvgIpc) is 2.08. The summed E-state index contributed by atoms with van der Waals surface area (Å²) in [5.41, 5.74) is 0. The van der Waals surface area contributed by atoms with Gasteiger partial charge in [-0.2, -0.15) is 11.3 Å². The molecular weight excluding hydrogens is 181 g/mol. The normalized spacial score (nSPS) is 10.5. The molecule has 0 amide bonds. The fourth-order valence-electron chi connectivity index (χ4n) is 0.414. The zero-order valence-corrected chi connectivity index (χ0v) is 6.08. The molecule has 1 heterocycles. The van der Waals surface area contributed by atoms with Gasteiger partial charge in [-0.05, 0) is 11.4 Å².